The molecule has 2 amide bonds. The van der Waals surface area contributed by atoms with Crippen LogP contribution in [0.5, 0.6) is 0 Å². The zero-order valence-corrected chi connectivity index (χ0v) is 19.1. The van der Waals surface area contributed by atoms with E-state index in [1.165, 1.54) is 4.90 Å². The Kier molecular flexibility index (Phi) is 6.28. The fraction of sp³-hybridized carbons (Fsp3) is 0.783. The number of aliphatic hydroxyl groups is 1. The average Bonchev–Trinajstić information content (AvgIpc) is 3.29. The molecule has 3 rings (SSSR count). The van der Waals surface area contributed by atoms with Crippen molar-refractivity contribution in [2.24, 2.45) is 11.8 Å². The fourth-order valence-corrected chi connectivity index (χ4v) is 5.98. The molecule has 3 aliphatic rings. The van der Waals surface area contributed by atoms with Gasteiger partial charge in [0.05, 0.1) is 11.5 Å². The van der Waals surface area contributed by atoms with Crippen LogP contribution in [0.25, 0.3) is 0 Å². The third-order valence-electron chi connectivity index (χ3n) is 7.38. The summed E-state index contributed by atoms with van der Waals surface area (Å²) in [6.07, 6.45) is 4.18. The number of carboxylic acid groups (broad SMARTS) is 1. The number of hydrogen-bond donors (Lipinski definition) is 2. The molecule has 5 atom stereocenters. The van der Waals surface area contributed by atoms with Crippen LogP contribution in [0, 0.1) is 11.8 Å². The monoisotopic (exact) mass is 436 g/mol. The Hall–Kier alpha value is -1.93. The average molecular weight is 437 g/mol. The molecular weight excluding hydrogens is 400 g/mol. The highest BCUT2D eigenvalue weighted by Crippen LogP contribution is 2.64. The minimum atomic E-state index is -1.13. The number of unbranched alkanes of at least 4 members (excludes halogenated alkanes) is 1. The highest BCUT2D eigenvalue weighted by Gasteiger charge is 2.79. The van der Waals surface area contributed by atoms with Crippen LogP contribution in [0.15, 0.2) is 12.7 Å². The van der Waals surface area contributed by atoms with E-state index in [-0.39, 0.29) is 25.0 Å². The molecule has 1 spiro atoms. The molecule has 3 aliphatic heterocycles. The number of ether oxygens (including phenoxy) is 1. The van der Waals surface area contributed by atoms with E-state index in [4.69, 9.17) is 4.74 Å². The Bertz CT molecular complexity index is 762. The van der Waals surface area contributed by atoms with Gasteiger partial charge in [0, 0.05) is 25.2 Å². The smallest absolute Gasteiger partial charge is 0.310 e. The first-order chi connectivity index (χ1) is 14.5. The minimum absolute atomic E-state index is 0.00695. The van der Waals surface area contributed by atoms with Crippen LogP contribution in [-0.2, 0) is 19.1 Å². The lowest BCUT2D eigenvalue weighted by molar-refractivity contribution is -0.159. The zero-order chi connectivity index (χ0) is 23.2. The predicted molar refractivity (Wildman–Crippen MR) is 114 cm³/mol. The van der Waals surface area contributed by atoms with Gasteiger partial charge in [-0.25, -0.2) is 0 Å². The second-order valence-electron chi connectivity index (χ2n) is 10.0. The van der Waals surface area contributed by atoms with Gasteiger partial charge in [-0.15, -0.1) is 6.58 Å². The number of carboxylic acids is 1. The maximum Gasteiger partial charge on any atom is 0.310 e. The molecule has 0 radical (unpaired) electrons. The van der Waals surface area contributed by atoms with Gasteiger partial charge in [0.1, 0.15) is 17.6 Å². The number of aliphatic carboxylic acids is 1. The summed E-state index contributed by atoms with van der Waals surface area (Å²) in [6, 6.07) is -0.874. The minimum Gasteiger partial charge on any atom is -0.481 e. The molecule has 0 saturated carbocycles. The molecule has 2 bridgehead atoms. The lowest BCUT2D eigenvalue weighted by Gasteiger charge is -2.42. The molecular formula is C23H36N2O6. The number of rotatable bonds is 9. The van der Waals surface area contributed by atoms with Crippen LogP contribution in [0.3, 0.4) is 0 Å². The van der Waals surface area contributed by atoms with Gasteiger partial charge in [0.25, 0.3) is 0 Å². The summed E-state index contributed by atoms with van der Waals surface area (Å²) in [5, 5.41) is 19.2. The quantitative estimate of drug-likeness (QED) is 0.422. The molecule has 2 N–H and O–H groups in total. The first-order valence-electron chi connectivity index (χ1n) is 11.3. The van der Waals surface area contributed by atoms with Crippen molar-refractivity contribution < 1.29 is 29.3 Å². The van der Waals surface area contributed by atoms with Crippen molar-refractivity contribution >= 4 is 17.8 Å². The second kappa shape index (κ2) is 8.20. The number of hydrogen-bond acceptors (Lipinski definition) is 5. The molecule has 8 nitrogen and oxygen atoms in total. The first-order valence-corrected chi connectivity index (χ1v) is 11.3. The summed E-state index contributed by atoms with van der Waals surface area (Å²) >= 11 is 0. The number of fused-ring (bicyclic) bond motifs is 1. The lowest BCUT2D eigenvalue weighted by Crippen LogP contribution is -2.60. The van der Waals surface area contributed by atoms with Crippen molar-refractivity contribution in [3.8, 4) is 0 Å². The Morgan fingerprint density at radius 2 is 2.00 bits per heavy atom. The van der Waals surface area contributed by atoms with E-state index in [0.717, 1.165) is 0 Å². The van der Waals surface area contributed by atoms with E-state index in [1.807, 2.05) is 27.7 Å². The largest absolute Gasteiger partial charge is 0.481 e. The Labute approximate surface area is 184 Å². The van der Waals surface area contributed by atoms with E-state index in [9.17, 15) is 24.6 Å². The molecule has 3 heterocycles. The number of aliphatic hydroxyl groups excluding tert-OH is 1. The topological polar surface area (TPSA) is 107 Å². The van der Waals surface area contributed by atoms with Gasteiger partial charge in [0.15, 0.2) is 0 Å². The zero-order valence-electron chi connectivity index (χ0n) is 19.1. The molecule has 8 heteroatoms. The van der Waals surface area contributed by atoms with Crippen molar-refractivity contribution in [1.29, 1.82) is 0 Å². The van der Waals surface area contributed by atoms with Crippen molar-refractivity contribution in [2.75, 3.05) is 19.7 Å². The van der Waals surface area contributed by atoms with Gasteiger partial charge in [-0.3, -0.25) is 14.4 Å². The second-order valence-corrected chi connectivity index (χ2v) is 10.0. The van der Waals surface area contributed by atoms with Crippen LogP contribution in [0.4, 0.5) is 0 Å². The van der Waals surface area contributed by atoms with Gasteiger partial charge >= 0.3 is 5.97 Å². The van der Waals surface area contributed by atoms with E-state index < -0.39 is 40.6 Å². The standard InChI is InChI=1S/C23H36N2O6/c1-6-12-25(21(3,4)5)19(28)17-23-11-10-22(7-2,31-23)16(20(29)30)15(23)18(27)24(17)13-8-9-14-26/h6,15-17,26H,1,7-14H2,2-5H3,(H,29,30)/t15-,16+,17?,22-,23?/m0/s1. The molecule has 0 aromatic heterocycles. The molecule has 3 saturated heterocycles. The Morgan fingerprint density at radius 3 is 2.52 bits per heavy atom. The van der Waals surface area contributed by atoms with Gasteiger partial charge < -0.3 is 24.7 Å². The van der Waals surface area contributed by atoms with E-state index in [0.29, 0.717) is 38.6 Å². The van der Waals surface area contributed by atoms with E-state index in [2.05, 4.69) is 6.58 Å². The highest BCUT2D eigenvalue weighted by molar-refractivity contribution is 5.98. The number of nitrogens with zero attached hydrogens (tertiary/aromatic N) is 2. The van der Waals surface area contributed by atoms with Crippen molar-refractivity contribution in [3.05, 3.63) is 12.7 Å². The van der Waals surface area contributed by atoms with Crippen LogP contribution in [-0.4, -0.2) is 80.3 Å². The number of carbonyl (C=O) groups is 3. The van der Waals surface area contributed by atoms with Crippen molar-refractivity contribution in [2.45, 2.75) is 82.6 Å². The third-order valence-corrected chi connectivity index (χ3v) is 7.38. The number of amides is 2. The van der Waals surface area contributed by atoms with Gasteiger partial charge in [-0.05, 0) is 52.9 Å². The summed E-state index contributed by atoms with van der Waals surface area (Å²) < 4.78 is 6.51. The summed E-state index contributed by atoms with van der Waals surface area (Å²) in [6.45, 7) is 12.0. The molecule has 3 fully saturated rings. The summed E-state index contributed by atoms with van der Waals surface area (Å²) in [4.78, 5) is 43.1. The van der Waals surface area contributed by atoms with Crippen LogP contribution < -0.4 is 0 Å². The van der Waals surface area contributed by atoms with Gasteiger partial charge in [-0.2, -0.15) is 0 Å². The SMILES string of the molecule is C=CCN(C(=O)C1N(CCCCO)C(=O)[C@@H]2[C@H](C(=O)O)[C@]3(CC)CCC12O3)C(C)(C)C. The summed E-state index contributed by atoms with van der Waals surface area (Å²) in [5.41, 5.74) is -2.55. The number of likely N-dealkylation sites (tertiary alicyclic amines) is 1. The van der Waals surface area contributed by atoms with Crippen LogP contribution >= 0.6 is 0 Å². The highest BCUT2D eigenvalue weighted by atomic mass is 16.5. The van der Waals surface area contributed by atoms with Gasteiger partial charge in [-0.1, -0.05) is 13.0 Å². The normalized spacial score (nSPS) is 34.2. The maximum absolute atomic E-state index is 14.0. The third kappa shape index (κ3) is 3.48. The maximum atomic E-state index is 14.0. The van der Waals surface area contributed by atoms with Crippen LogP contribution in [0.2, 0.25) is 0 Å². The van der Waals surface area contributed by atoms with Crippen LogP contribution in [0.1, 0.15) is 59.8 Å². The van der Waals surface area contributed by atoms with E-state index in [1.54, 1.807) is 11.0 Å². The molecule has 0 aromatic carbocycles. The Balaban J connectivity index is 2.09. The van der Waals surface area contributed by atoms with E-state index >= 15 is 0 Å². The van der Waals surface area contributed by atoms with Crippen molar-refractivity contribution in [3.63, 3.8) is 0 Å². The molecule has 31 heavy (non-hydrogen) atoms. The van der Waals surface area contributed by atoms with Gasteiger partial charge in [0.2, 0.25) is 11.8 Å². The molecule has 0 aromatic rings. The molecule has 0 aliphatic carbocycles. The Morgan fingerprint density at radius 1 is 1.32 bits per heavy atom. The number of carbonyl (C=O) groups excluding carboxylic acids is 2. The summed E-state index contributed by atoms with van der Waals surface area (Å²) in [5.74, 6) is -3.41. The molecule has 174 valence electrons. The van der Waals surface area contributed by atoms with Crippen molar-refractivity contribution in [1.82, 2.24) is 9.80 Å². The summed E-state index contributed by atoms with van der Waals surface area (Å²) in [7, 11) is 0. The fourth-order valence-electron chi connectivity index (χ4n) is 5.98. The lowest BCUT2D eigenvalue weighted by atomic mass is 9.65. The molecule has 2 unspecified atom stereocenters. The predicted octanol–water partition coefficient (Wildman–Crippen LogP) is 1.81. The first kappa shape index (κ1) is 23.7.